The number of aromatic nitrogens is 1. The third-order valence-corrected chi connectivity index (χ3v) is 5.72. The summed E-state index contributed by atoms with van der Waals surface area (Å²) >= 11 is 3.51. The van der Waals surface area contributed by atoms with Crippen LogP contribution in [0.25, 0.3) is 16.6 Å². The van der Waals surface area contributed by atoms with Crippen LogP contribution in [0.2, 0.25) is 0 Å². The lowest BCUT2D eigenvalue weighted by Crippen LogP contribution is -2.23. The average molecular weight is 413 g/mol. The smallest absolute Gasteiger partial charge is 0.0528 e. The lowest BCUT2D eigenvalue weighted by molar-refractivity contribution is 0.296. The molecule has 2 nitrogen and oxygen atoms in total. The van der Waals surface area contributed by atoms with E-state index in [0.29, 0.717) is 0 Å². The minimum Gasteiger partial charge on any atom is -0.317 e. The zero-order valence-corrected chi connectivity index (χ0v) is 17.5. The molecule has 0 radical (unpaired) electrons. The van der Waals surface area contributed by atoms with Gasteiger partial charge in [-0.3, -0.25) is 0 Å². The van der Waals surface area contributed by atoms with E-state index in [0.717, 1.165) is 4.47 Å². The summed E-state index contributed by atoms with van der Waals surface area (Å²) in [5, 5.41) is 1.33. The Morgan fingerprint density at radius 3 is 2.38 bits per heavy atom. The third-order valence-electron chi connectivity index (χ3n) is 5.19. The number of benzene rings is 2. The SMILES string of the molecule is CCN(CC)CCCCCc1ccc2c(ccn2-c2ccc(Br)cc2)c1. The topological polar surface area (TPSA) is 8.17 Å². The summed E-state index contributed by atoms with van der Waals surface area (Å²) in [6.07, 6.45) is 7.25. The van der Waals surface area contributed by atoms with Gasteiger partial charge in [0.1, 0.15) is 0 Å². The lowest BCUT2D eigenvalue weighted by atomic mass is 10.1. The van der Waals surface area contributed by atoms with Gasteiger partial charge >= 0.3 is 0 Å². The summed E-state index contributed by atoms with van der Waals surface area (Å²) in [6.45, 7) is 8.07. The standard InChI is InChI=1S/C23H29BrN2/c1-3-25(4-2)16-7-5-6-8-19-9-14-23-20(18-19)15-17-26(23)22-12-10-21(24)11-13-22/h9-15,17-18H,3-8,16H2,1-2H3. The Bertz CT molecular complexity index is 816. The number of nitrogens with zero attached hydrogens (tertiary/aromatic N) is 2. The molecule has 3 rings (SSSR count). The van der Waals surface area contributed by atoms with E-state index in [1.165, 1.54) is 67.5 Å². The second-order valence-corrected chi connectivity index (χ2v) is 7.81. The summed E-state index contributed by atoms with van der Waals surface area (Å²) < 4.78 is 3.37. The molecule has 0 saturated heterocycles. The zero-order valence-electron chi connectivity index (χ0n) is 15.9. The minimum atomic E-state index is 1.11. The molecule has 1 aromatic heterocycles. The Morgan fingerprint density at radius 2 is 1.65 bits per heavy atom. The van der Waals surface area contributed by atoms with E-state index >= 15 is 0 Å². The van der Waals surface area contributed by atoms with Crippen molar-refractivity contribution < 1.29 is 0 Å². The Kier molecular flexibility index (Phi) is 6.93. The van der Waals surface area contributed by atoms with Gasteiger partial charge < -0.3 is 9.47 Å². The number of unbranched alkanes of at least 4 members (excludes halogenated alkanes) is 2. The Morgan fingerprint density at radius 1 is 0.885 bits per heavy atom. The molecular formula is C23H29BrN2. The molecule has 0 aliphatic carbocycles. The minimum absolute atomic E-state index is 1.11. The van der Waals surface area contributed by atoms with Crippen molar-refractivity contribution >= 4 is 26.8 Å². The molecule has 0 spiro atoms. The van der Waals surface area contributed by atoms with Crippen molar-refractivity contribution in [1.29, 1.82) is 0 Å². The molecule has 26 heavy (non-hydrogen) atoms. The van der Waals surface area contributed by atoms with Gasteiger partial charge in [0.15, 0.2) is 0 Å². The third kappa shape index (κ3) is 4.77. The summed E-state index contributed by atoms with van der Waals surface area (Å²) in [7, 11) is 0. The number of hydrogen-bond acceptors (Lipinski definition) is 1. The fraction of sp³-hybridized carbons (Fsp3) is 0.391. The highest BCUT2D eigenvalue weighted by Crippen LogP contribution is 2.23. The lowest BCUT2D eigenvalue weighted by Gasteiger charge is -2.17. The predicted molar refractivity (Wildman–Crippen MR) is 116 cm³/mol. The van der Waals surface area contributed by atoms with Crippen LogP contribution in [0.1, 0.15) is 38.7 Å². The number of fused-ring (bicyclic) bond motifs is 1. The fourth-order valence-electron chi connectivity index (χ4n) is 3.56. The highest BCUT2D eigenvalue weighted by atomic mass is 79.9. The molecule has 0 saturated carbocycles. The van der Waals surface area contributed by atoms with Crippen molar-refractivity contribution in [2.75, 3.05) is 19.6 Å². The summed E-state index contributed by atoms with van der Waals surface area (Å²) in [5.41, 5.74) is 3.93. The van der Waals surface area contributed by atoms with Crippen molar-refractivity contribution in [3.63, 3.8) is 0 Å². The maximum Gasteiger partial charge on any atom is 0.0528 e. The molecule has 0 fully saturated rings. The van der Waals surface area contributed by atoms with Crippen LogP contribution in [-0.4, -0.2) is 29.1 Å². The highest BCUT2D eigenvalue weighted by molar-refractivity contribution is 9.10. The zero-order chi connectivity index (χ0) is 18.4. The Balaban J connectivity index is 1.59. The first-order valence-corrected chi connectivity index (χ1v) is 10.6. The molecule has 3 aromatic rings. The van der Waals surface area contributed by atoms with E-state index in [1.807, 2.05) is 0 Å². The van der Waals surface area contributed by atoms with Gasteiger partial charge in [0.2, 0.25) is 0 Å². The van der Waals surface area contributed by atoms with E-state index in [9.17, 15) is 0 Å². The van der Waals surface area contributed by atoms with Gasteiger partial charge in [-0.05, 0) is 86.9 Å². The number of aryl methyl sites for hydroxylation is 1. The van der Waals surface area contributed by atoms with Crippen LogP contribution in [-0.2, 0) is 6.42 Å². The van der Waals surface area contributed by atoms with Gasteiger partial charge in [-0.15, -0.1) is 0 Å². The highest BCUT2D eigenvalue weighted by Gasteiger charge is 2.05. The number of rotatable bonds is 9. The molecule has 0 unspecified atom stereocenters. The molecule has 0 atom stereocenters. The van der Waals surface area contributed by atoms with Crippen LogP contribution >= 0.6 is 15.9 Å². The van der Waals surface area contributed by atoms with Crippen LogP contribution in [0, 0.1) is 0 Å². The maximum atomic E-state index is 3.51. The first-order valence-electron chi connectivity index (χ1n) is 9.79. The molecule has 0 amide bonds. The first-order chi connectivity index (χ1) is 12.7. The van der Waals surface area contributed by atoms with Crippen LogP contribution in [0.3, 0.4) is 0 Å². The van der Waals surface area contributed by atoms with Crippen LogP contribution in [0.15, 0.2) is 59.2 Å². The summed E-state index contributed by atoms with van der Waals surface area (Å²) in [4.78, 5) is 2.51. The van der Waals surface area contributed by atoms with Gasteiger partial charge in [-0.25, -0.2) is 0 Å². The summed E-state index contributed by atoms with van der Waals surface area (Å²) in [5.74, 6) is 0. The van der Waals surface area contributed by atoms with E-state index < -0.39 is 0 Å². The second-order valence-electron chi connectivity index (χ2n) is 6.89. The molecule has 1 heterocycles. The normalized spacial score (nSPS) is 11.5. The molecule has 0 bridgehead atoms. The van der Waals surface area contributed by atoms with Crippen molar-refractivity contribution in [1.82, 2.24) is 9.47 Å². The molecule has 0 N–H and O–H groups in total. The summed E-state index contributed by atoms with van der Waals surface area (Å²) in [6, 6.07) is 17.6. The Hall–Kier alpha value is -1.58. The molecule has 0 aliphatic rings. The Labute approximate surface area is 166 Å². The van der Waals surface area contributed by atoms with Gasteiger partial charge in [0, 0.05) is 21.7 Å². The van der Waals surface area contributed by atoms with Crippen molar-refractivity contribution in [2.24, 2.45) is 0 Å². The number of halogens is 1. The molecule has 138 valence electrons. The molecule has 2 aromatic carbocycles. The maximum absolute atomic E-state index is 3.51. The van der Waals surface area contributed by atoms with Crippen LogP contribution in [0.4, 0.5) is 0 Å². The van der Waals surface area contributed by atoms with Crippen molar-refractivity contribution in [2.45, 2.75) is 39.5 Å². The van der Waals surface area contributed by atoms with Gasteiger partial charge in [-0.2, -0.15) is 0 Å². The van der Waals surface area contributed by atoms with Gasteiger partial charge in [0.05, 0.1) is 5.52 Å². The van der Waals surface area contributed by atoms with Crippen LogP contribution < -0.4 is 0 Å². The van der Waals surface area contributed by atoms with Crippen molar-refractivity contribution in [3.05, 3.63) is 64.8 Å². The second kappa shape index (κ2) is 9.38. The first kappa shape index (κ1) is 19.2. The van der Waals surface area contributed by atoms with E-state index in [-0.39, 0.29) is 0 Å². The van der Waals surface area contributed by atoms with Gasteiger partial charge in [0.25, 0.3) is 0 Å². The van der Waals surface area contributed by atoms with Crippen molar-refractivity contribution in [3.8, 4) is 5.69 Å². The number of hydrogen-bond donors (Lipinski definition) is 0. The quantitative estimate of drug-likeness (QED) is 0.366. The van der Waals surface area contributed by atoms with E-state index in [2.05, 4.69) is 94.0 Å². The predicted octanol–water partition coefficient (Wildman–Crippen LogP) is 6.45. The fourth-order valence-corrected chi connectivity index (χ4v) is 3.82. The van der Waals surface area contributed by atoms with E-state index in [4.69, 9.17) is 0 Å². The molecular weight excluding hydrogens is 384 g/mol. The van der Waals surface area contributed by atoms with Crippen LogP contribution in [0.5, 0.6) is 0 Å². The molecule has 0 aliphatic heterocycles. The average Bonchev–Trinajstić information content (AvgIpc) is 3.08. The largest absolute Gasteiger partial charge is 0.317 e. The molecule has 3 heteroatoms. The van der Waals surface area contributed by atoms with Gasteiger partial charge in [-0.1, -0.05) is 42.3 Å². The monoisotopic (exact) mass is 412 g/mol. The van der Waals surface area contributed by atoms with E-state index in [1.54, 1.807) is 0 Å².